The van der Waals surface area contributed by atoms with Gasteiger partial charge in [-0.05, 0) is 29.4 Å². The van der Waals surface area contributed by atoms with Crippen LogP contribution in [-0.2, 0) is 0 Å². The molecule has 0 aliphatic rings. The third-order valence-corrected chi connectivity index (χ3v) is 3.83. The molecule has 1 aromatic heterocycles. The predicted octanol–water partition coefficient (Wildman–Crippen LogP) is 3.42. The highest BCUT2D eigenvalue weighted by Crippen LogP contribution is 2.28. The molecule has 0 saturated heterocycles. The first-order chi connectivity index (χ1) is 11.5. The number of thiocarbonyl (C=S) groups is 1. The number of H-pyrrole nitrogens is 1. The third kappa shape index (κ3) is 3.41. The van der Waals surface area contributed by atoms with Gasteiger partial charge in [-0.3, -0.25) is 5.10 Å². The molecule has 1 heterocycles. The van der Waals surface area contributed by atoms with Crippen molar-refractivity contribution in [3.63, 3.8) is 0 Å². The van der Waals surface area contributed by atoms with Gasteiger partial charge in [0.1, 0.15) is 11.6 Å². The zero-order valence-electron chi connectivity index (χ0n) is 13.0. The molecular weight excluding hydrogens is 325 g/mol. The van der Waals surface area contributed by atoms with Gasteiger partial charge < -0.3 is 11.1 Å². The lowest BCUT2D eigenvalue weighted by Gasteiger charge is -2.11. The second-order valence-electron chi connectivity index (χ2n) is 5.36. The quantitative estimate of drug-likeness (QED) is 0.634. The second kappa shape index (κ2) is 6.76. The fourth-order valence-electron chi connectivity index (χ4n) is 2.44. The number of hydrogen-bond acceptors (Lipinski definition) is 3. The SMILES string of the molecule is CC(c1ccc(-c2ccccc2)c(F)c1)c1nc(NC(N)=S)n[nH]1. The average Bonchev–Trinajstić information content (AvgIpc) is 3.02. The van der Waals surface area contributed by atoms with Crippen molar-refractivity contribution in [3.8, 4) is 11.1 Å². The molecule has 0 radical (unpaired) electrons. The third-order valence-electron chi connectivity index (χ3n) is 3.73. The number of rotatable bonds is 4. The summed E-state index contributed by atoms with van der Waals surface area (Å²) in [5.74, 6) is 0.469. The Morgan fingerprint density at radius 3 is 2.67 bits per heavy atom. The van der Waals surface area contributed by atoms with E-state index in [1.807, 2.05) is 43.3 Å². The number of aromatic amines is 1. The van der Waals surface area contributed by atoms with Gasteiger partial charge in [-0.15, -0.1) is 5.10 Å². The van der Waals surface area contributed by atoms with Gasteiger partial charge in [-0.25, -0.2) is 4.39 Å². The maximum Gasteiger partial charge on any atom is 0.248 e. The van der Waals surface area contributed by atoms with Crippen LogP contribution in [0.3, 0.4) is 0 Å². The van der Waals surface area contributed by atoms with Crippen LogP contribution >= 0.6 is 12.2 Å². The van der Waals surface area contributed by atoms with Gasteiger partial charge in [0.05, 0.1) is 0 Å². The minimum atomic E-state index is -0.272. The van der Waals surface area contributed by atoms with E-state index in [9.17, 15) is 4.39 Å². The molecule has 5 nitrogen and oxygen atoms in total. The van der Waals surface area contributed by atoms with E-state index >= 15 is 0 Å². The highest BCUT2D eigenvalue weighted by molar-refractivity contribution is 7.80. The van der Waals surface area contributed by atoms with Crippen LogP contribution in [0.25, 0.3) is 11.1 Å². The van der Waals surface area contributed by atoms with Gasteiger partial charge >= 0.3 is 0 Å². The van der Waals surface area contributed by atoms with Crippen molar-refractivity contribution in [1.29, 1.82) is 0 Å². The molecular formula is C17H16FN5S. The van der Waals surface area contributed by atoms with Crippen molar-refractivity contribution in [2.24, 2.45) is 5.73 Å². The molecule has 2 aromatic carbocycles. The molecule has 3 aromatic rings. The van der Waals surface area contributed by atoms with Crippen molar-refractivity contribution in [2.75, 3.05) is 5.32 Å². The van der Waals surface area contributed by atoms with E-state index < -0.39 is 0 Å². The fourth-order valence-corrected chi connectivity index (χ4v) is 2.54. The molecule has 122 valence electrons. The Labute approximate surface area is 144 Å². The Bertz CT molecular complexity index is 862. The lowest BCUT2D eigenvalue weighted by atomic mass is 9.96. The van der Waals surface area contributed by atoms with Crippen molar-refractivity contribution in [2.45, 2.75) is 12.8 Å². The predicted molar refractivity (Wildman–Crippen MR) is 96.1 cm³/mol. The van der Waals surface area contributed by atoms with Gasteiger partial charge in [0.25, 0.3) is 0 Å². The lowest BCUT2D eigenvalue weighted by Crippen LogP contribution is -2.19. The number of nitrogens with two attached hydrogens (primary N) is 1. The Morgan fingerprint density at radius 1 is 1.25 bits per heavy atom. The van der Waals surface area contributed by atoms with E-state index in [1.54, 1.807) is 6.07 Å². The number of nitrogens with one attached hydrogen (secondary N) is 2. The smallest absolute Gasteiger partial charge is 0.248 e. The summed E-state index contributed by atoms with van der Waals surface area (Å²) in [6.07, 6.45) is 0. The number of hydrogen-bond donors (Lipinski definition) is 3. The molecule has 3 rings (SSSR count). The average molecular weight is 341 g/mol. The first-order valence-corrected chi connectivity index (χ1v) is 7.79. The number of anilines is 1. The minimum absolute atomic E-state index is 0.0893. The van der Waals surface area contributed by atoms with E-state index in [2.05, 4.69) is 20.5 Å². The number of nitrogens with zero attached hydrogens (tertiary/aromatic N) is 2. The van der Waals surface area contributed by atoms with Gasteiger partial charge in [-0.2, -0.15) is 4.98 Å². The first kappa shape index (κ1) is 16.1. The summed E-state index contributed by atoms with van der Waals surface area (Å²) in [5.41, 5.74) is 7.60. The van der Waals surface area contributed by atoms with Gasteiger partial charge in [-0.1, -0.05) is 49.4 Å². The van der Waals surface area contributed by atoms with Gasteiger partial charge in [0.15, 0.2) is 5.11 Å². The Balaban J connectivity index is 1.86. The summed E-state index contributed by atoms with van der Waals surface area (Å²) in [6.45, 7) is 1.92. The maximum absolute atomic E-state index is 14.5. The van der Waals surface area contributed by atoms with E-state index in [0.717, 1.165) is 11.1 Å². The zero-order valence-corrected chi connectivity index (χ0v) is 13.8. The molecule has 4 N–H and O–H groups in total. The molecule has 0 amide bonds. The summed E-state index contributed by atoms with van der Waals surface area (Å²) in [7, 11) is 0. The van der Waals surface area contributed by atoms with Crippen molar-refractivity contribution in [3.05, 3.63) is 65.7 Å². The summed E-state index contributed by atoms with van der Waals surface area (Å²) >= 11 is 4.75. The van der Waals surface area contributed by atoms with Crippen molar-refractivity contribution in [1.82, 2.24) is 15.2 Å². The van der Waals surface area contributed by atoms with E-state index in [4.69, 9.17) is 18.0 Å². The van der Waals surface area contributed by atoms with Crippen LogP contribution in [-0.4, -0.2) is 20.3 Å². The molecule has 0 spiro atoms. The number of benzene rings is 2. The van der Waals surface area contributed by atoms with Crippen molar-refractivity contribution >= 4 is 23.3 Å². The van der Waals surface area contributed by atoms with Crippen LogP contribution in [0.1, 0.15) is 24.2 Å². The molecule has 0 aliphatic heterocycles. The molecule has 0 saturated carbocycles. The van der Waals surface area contributed by atoms with Crippen molar-refractivity contribution < 1.29 is 4.39 Å². The Morgan fingerprint density at radius 2 is 2.00 bits per heavy atom. The molecule has 24 heavy (non-hydrogen) atoms. The summed E-state index contributed by atoms with van der Waals surface area (Å²) in [5, 5.41) is 9.54. The Kier molecular flexibility index (Phi) is 4.52. The molecule has 1 atom stereocenters. The summed E-state index contributed by atoms with van der Waals surface area (Å²) < 4.78 is 14.5. The largest absolute Gasteiger partial charge is 0.376 e. The minimum Gasteiger partial charge on any atom is -0.376 e. The first-order valence-electron chi connectivity index (χ1n) is 7.38. The van der Waals surface area contributed by atoms with Crippen LogP contribution in [0.2, 0.25) is 0 Å². The van der Waals surface area contributed by atoms with Crippen LogP contribution in [0.5, 0.6) is 0 Å². The van der Waals surface area contributed by atoms with E-state index in [-0.39, 0.29) is 16.8 Å². The molecule has 1 unspecified atom stereocenters. The van der Waals surface area contributed by atoms with E-state index in [1.165, 1.54) is 6.07 Å². The highest BCUT2D eigenvalue weighted by atomic mass is 32.1. The monoisotopic (exact) mass is 341 g/mol. The topological polar surface area (TPSA) is 79.6 Å². The zero-order chi connectivity index (χ0) is 17.1. The normalized spacial score (nSPS) is 11.9. The number of aromatic nitrogens is 3. The molecule has 0 aliphatic carbocycles. The van der Waals surface area contributed by atoms with Crippen LogP contribution in [0.4, 0.5) is 10.3 Å². The van der Waals surface area contributed by atoms with Crippen LogP contribution in [0.15, 0.2) is 48.5 Å². The highest BCUT2D eigenvalue weighted by Gasteiger charge is 2.16. The van der Waals surface area contributed by atoms with Crippen LogP contribution in [0, 0.1) is 5.82 Å². The lowest BCUT2D eigenvalue weighted by molar-refractivity contribution is 0.627. The molecule has 0 bridgehead atoms. The Hall–Kier alpha value is -2.80. The fraction of sp³-hybridized carbons (Fsp3) is 0.118. The van der Waals surface area contributed by atoms with Crippen LogP contribution < -0.4 is 11.1 Å². The standard InChI is InChI=1S/C17H16FN5S/c1-10(15-20-17(23-22-15)21-16(19)24)12-7-8-13(14(18)9-12)11-5-3-2-4-6-11/h2-10H,1H3,(H4,19,20,21,22,23,24). The number of halogens is 1. The second-order valence-corrected chi connectivity index (χ2v) is 5.80. The summed E-state index contributed by atoms with van der Waals surface area (Å²) in [4.78, 5) is 4.27. The molecule has 0 fully saturated rings. The van der Waals surface area contributed by atoms with Gasteiger partial charge in [0, 0.05) is 11.5 Å². The molecule has 7 heteroatoms. The maximum atomic E-state index is 14.5. The van der Waals surface area contributed by atoms with E-state index in [0.29, 0.717) is 17.3 Å². The summed E-state index contributed by atoms with van der Waals surface area (Å²) in [6, 6.07) is 14.6. The van der Waals surface area contributed by atoms with Gasteiger partial charge in [0.2, 0.25) is 5.95 Å².